The molecule has 0 atom stereocenters. The van der Waals surface area contributed by atoms with E-state index in [1.807, 2.05) is 6.07 Å². The zero-order valence-electron chi connectivity index (χ0n) is 14.2. The van der Waals surface area contributed by atoms with Gasteiger partial charge in [-0.05, 0) is 43.2 Å². The Morgan fingerprint density at radius 1 is 1.31 bits per heavy atom. The Bertz CT molecular complexity index is 855. The Morgan fingerprint density at radius 2 is 2.12 bits per heavy atom. The van der Waals surface area contributed by atoms with Gasteiger partial charge in [-0.2, -0.15) is 0 Å². The third-order valence-corrected chi connectivity index (χ3v) is 4.40. The van der Waals surface area contributed by atoms with E-state index in [4.69, 9.17) is 5.73 Å². The van der Waals surface area contributed by atoms with Crippen molar-refractivity contribution in [2.45, 2.75) is 25.2 Å². The lowest BCUT2D eigenvalue weighted by Crippen LogP contribution is -2.10. The van der Waals surface area contributed by atoms with E-state index in [1.165, 1.54) is 24.7 Å². The molecule has 1 aromatic heterocycles. The molecule has 0 radical (unpaired) electrons. The van der Waals surface area contributed by atoms with Crippen LogP contribution < -0.4 is 5.73 Å². The number of nitrogen functional groups attached to an aromatic ring is 1. The minimum Gasteiger partial charge on any atom is -0.382 e. The molecular weight excluding hydrogens is 336 g/mol. The molecule has 134 valence electrons. The van der Waals surface area contributed by atoms with Gasteiger partial charge in [-0.3, -0.25) is 9.98 Å². The number of halogens is 2. The van der Waals surface area contributed by atoms with Gasteiger partial charge in [-0.15, -0.1) is 0 Å². The van der Waals surface area contributed by atoms with Crippen LogP contribution in [0.3, 0.4) is 0 Å². The van der Waals surface area contributed by atoms with Crippen molar-refractivity contribution in [3.05, 3.63) is 48.2 Å². The number of allylic oxidation sites excluding steroid dienone is 1. The zero-order chi connectivity index (χ0) is 18.5. The number of anilines is 1. The standard InChI is InChI=1S/C19H19F2N5/c1-23-8-7-13(9-20)26-19-14(12-3-2-4-12)5-6-15(18(19)21)16-10-25-17(22)11-24-16/h5-8,10-12H,1-4,9H2,(H2,22,25)/b8-7-,26-13+. The average molecular weight is 355 g/mol. The molecule has 1 aliphatic carbocycles. The first-order valence-corrected chi connectivity index (χ1v) is 8.30. The normalized spacial score (nSPS) is 15.2. The summed E-state index contributed by atoms with van der Waals surface area (Å²) in [4.78, 5) is 15.9. The number of alkyl halides is 1. The number of hydrogen-bond donors (Lipinski definition) is 1. The minimum absolute atomic E-state index is 0.0809. The van der Waals surface area contributed by atoms with Crippen molar-refractivity contribution in [3.63, 3.8) is 0 Å². The Labute approximate surface area is 150 Å². The Balaban J connectivity index is 2.13. The molecular formula is C19H19F2N5. The summed E-state index contributed by atoms with van der Waals surface area (Å²) in [6.45, 7) is 2.47. The van der Waals surface area contributed by atoms with E-state index in [2.05, 4.69) is 26.7 Å². The first-order chi connectivity index (χ1) is 12.6. The molecule has 0 unspecified atom stereocenters. The van der Waals surface area contributed by atoms with Crippen molar-refractivity contribution in [1.82, 2.24) is 9.97 Å². The SMILES string of the molecule is C=N/C=C\C(CF)=N/c1c(C2CCC2)ccc(-c2cnc(N)cn2)c1F. The Morgan fingerprint density at radius 3 is 2.69 bits per heavy atom. The van der Waals surface area contributed by atoms with Crippen molar-refractivity contribution in [1.29, 1.82) is 0 Å². The highest BCUT2D eigenvalue weighted by Crippen LogP contribution is 2.43. The molecule has 1 aromatic carbocycles. The molecule has 0 aliphatic heterocycles. The summed E-state index contributed by atoms with van der Waals surface area (Å²) in [6, 6.07) is 3.50. The molecule has 0 saturated heterocycles. The van der Waals surface area contributed by atoms with Gasteiger partial charge in [0.2, 0.25) is 0 Å². The molecule has 5 nitrogen and oxygen atoms in total. The van der Waals surface area contributed by atoms with Gasteiger partial charge in [0, 0.05) is 11.8 Å². The number of aliphatic imine (C=N–C) groups is 2. The quantitative estimate of drug-likeness (QED) is 0.781. The maximum Gasteiger partial charge on any atom is 0.158 e. The number of hydrogen-bond acceptors (Lipinski definition) is 5. The van der Waals surface area contributed by atoms with Gasteiger partial charge in [0.25, 0.3) is 0 Å². The van der Waals surface area contributed by atoms with Crippen LogP contribution >= 0.6 is 0 Å². The Kier molecular flexibility index (Phi) is 5.46. The van der Waals surface area contributed by atoms with Crippen LogP contribution in [0.4, 0.5) is 20.3 Å². The van der Waals surface area contributed by atoms with Crippen molar-refractivity contribution in [2.24, 2.45) is 9.98 Å². The molecule has 7 heteroatoms. The van der Waals surface area contributed by atoms with Crippen molar-refractivity contribution in [2.75, 3.05) is 12.4 Å². The number of nitrogens with two attached hydrogens (primary N) is 1. The molecule has 26 heavy (non-hydrogen) atoms. The van der Waals surface area contributed by atoms with Crippen molar-refractivity contribution in [3.8, 4) is 11.3 Å². The molecule has 1 heterocycles. The summed E-state index contributed by atoms with van der Waals surface area (Å²) in [5.41, 5.74) is 7.15. The van der Waals surface area contributed by atoms with Crippen LogP contribution in [0.15, 0.2) is 46.8 Å². The van der Waals surface area contributed by atoms with Gasteiger partial charge in [0.15, 0.2) is 5.82 Å². The Hall–Kier alpha value is -2.96. The lowest BCUT2D eigenvalue weighted by atomic mass is 9.79. The van der Waals surface area contributed by atoms with E-state index in [9.17, 15) is 4.39 Å². The number of nitrogens with zero attached hydrogens (tertiary/aromatic N) is 4. The highest BCUT2D eigenvalue weighted by atomic mass is 19.1. The molecule has 0 amide bonds. The molecule has 2 N–H and O–H groups in total. The van der Waals surface area contributed by atoms with Gasteiger partial charge in [-0.25, -0.2) is 18.8 Å². The maximum absolute atomic E-state index is 15.3. The fraction of sp³-hybridized carbons (Fsp3) is 0.263. The lowest BCUT2D eigenvalue weighted by molar-refractivity contribution is 0.419. The fourth-order valence-corrected chi connectivity index (χ4v) is 2.81. The minimum atomic E-state index is -0.832. The van der Waals surface area contributed by atoms with Crippen molar-refractivity contribution < 1.29 is 8.78 Å². The van der Waals surface area contributed by atoms with E-state index in [0.29, 0.717) is 5.69 Å². The average Bonchev–Trinajstić information content (AvgIpc) is 2.60. The van der Waals surface area contributed by atoms with E-state index in [-0.39, 0.29) is 28.7 Å². The van der Waals surface area contributed by atoms with Crippen LogP contribution in [0.1, 0.15) is 30.7 Å². The number of aromatic nitrogens is 2. The first-order valence-electron chi connectivity index (χ1n) is 8.30. The molecule has 1 aliphatic rings. The van der Waals surface area contributed by atoms with E-state index in [0.717, 1.165) is 24.8 Å². The summed E-state index contributed by atoms with van der Waals surface area (Å²) < 4.78 is 28.6. The fourth-order valence-electron chi connectivity index (χ4n) is 2.81. The first kappa shape index (κ1) is 17.8. The molecule has 0 spiro atoms. The van der Waals surface area contributed by atoms with Crippen LogP contribution in [0.2, 0.25) is 0 Å². The van der Waals surface area contributed by atoms with Gasteiger partial charge in [0.05, 0.1) is 23.8 Å². The van der Waals surface area contributed by atoms with Crippen LogP contribution in [0, 0.1) is 5.82 Å². The summed E-state index contributed by atoms with van der Waals surface area (Å²) in [5.74, 6) is -0.0585. The smallest absolute Gasteiger partial charge is 0.158 e. The highest BCUT2D eigenvalue weighted by molar-refractivity contribution is 5.98. The molecule has 0 bridgehead atoms. The second-order valence-corrected chi connectivity index (χ2v) is 6.05. The predicted molar refractivity (Wildman–Crippen MR) is 100 cm³/mol. The highest BCUT2D eigenvalue weighted by Gasteiger charge is 2.26. The summed E-state index contributed by atoms with van der Waals surface area (Å²) in [5, 5.41) is 0. The summed E-state index contributed by atoms with van der Waals surface area (Å²) in [6.07, 6.45) is 8.51. The van der Waals surface area contributed by atoms with Gasteiger partial charge < -0.3 is 5.73 Å². The van der Waals surface area contributed by atoms with E-state index in [1.54, 1.807) is 6.07 Å². The topological polar surface area (TPSA) is 76.5 Å². The summed E-state index contributed by atoms with van der Waals surface area (Å²) >= 11 is 0. The number of rotatable bonds is 6. The lowest BCUT2D eigenvalue weighted by Gasteiger charge is -2.27. The molecule has 3 rings (SSSR count). The molecule has 1 saturated carbocycles. The van der Waals surface area contributed by atoms with Gasteiger partial charge in [0.1, 0.15) is 18.2 Å². The molecule has 1 fully saturated rings. The number of benzene rings is 1. The molecule has 2 aromatic rings. The predicted octanol–water partition coefficient (Wildman–Crippen LogP) is 4.39. The summed E-state index contributed by atoms with van der Waals surface area (Å²) in [7, 11) is 0. The largest absolute Gasteiger partial charge is 0.382 e. The maximum atomic E-state index is 15.3. The van der Waals surface area contributed by atoms with E-state index >= 15 is 4.39 Å². The van der Waals surface area contributed by atoms with E-state index < -0.39 is 12.5 Å². The van der Waals surface area contributed by atoms with Gasteiger partial charge >= 0.3 is 0 Å². The van der Waals surface area contributed by atoms with Crippen LogP contribution in [-0.2, 0) is 0 Å². The monoisotopic (exact) mass is 355 g/mol. The second-order valence-electron chi connectivity index (χ2n) is 6.05. The van der Waals surface area contributed by atoms with Crippen LogP contribution in [-0.4, -0.2) is 29.1 Å². The third-order valence-electron chi connectivity index (χ3n) is 4.40. The van der Waals surface area contributed by atoms with Crippen LogP contribution in [0.5, 0.6) is 0 Å². The zero-order valence-corrected chi connectivity index (χ0v) is 14.2. The second kappa shape index (κ2) is 7.95. The van der Waals surface area contributed by atoms with Crippen LogP contribution in [0.25, 0.3) is 11.3 Å². The van der Waals surface area contributed by atoms with Gasteiger partial charge in [-0.1, -0.05) is 12.5 Å². The van der Waals surface area contributed by atoms with Crippen molar-refractivity contribution >= 4 is 23.9 Å². The third kappa shape index (κ3) is 3.66.